The monoisotopic (exact) mass is 200 g/mol. The van der Waals surface area contributed by atoms with Crippen LogP contribution in [0.3, 0.4) is 0 Å². The molecule has 1 unspecified atom stereocenters. The van der Waals surface area contributed by atoms with E-state index in [1.807, 2.05) is 0 Å². The summed E-state index contributed by atoms with van der Waals surface area (Å²) in [6.07, 6.45) is 1.34. The van der Waals surface area contributed by atoms with Crippen LogP contribution in [0.1, 0.15) is 0 Å². The summed E-state index contributed by atoms with van der Waals surface area (Å²) in [5.74, 6) is 0.338. The van der Waals surface area contributed by atoms with E-state index in [0.717, 1.165) is 0 Å². The molecule has 0 aromatic heterocycles. The predicted molar refractivity (Wildman–Crippen MR) is 52.5 cm³/mol. The lowest BCUT2D eigenvalue weighted by atomic mass is 10.3. The first kappa shape index (κ1) is 9.85. The highest BCUT2D eigenvalue weighted by atomic mass is 32.2. The Hall–Kier alpha value is -1.23. The van der Waals surface area contributed by atoms with Gasteiger partial charge in [0, 0.05) is 6.26 Å². The normalized spacial score (nSPS) is 14.9. The van der Waals surface area contributed by atoms with Crippen LogP contribution in [-0.2, 0) is 9.73 Å². The van der Waals surface area contributed by atoms with Crippen molar-refractivity contribution in [3.63, 3.8) is 0 Å². The summed E-state index contributed by atoms with van der Waals surface area (Å²) >= 11 is 0. The van der Waals surface area contributed by atoms with E-state index in [4.69, 9.17) is 15.3 Å². The first-order valence-corrected chi connectivity index (χ1v) is 5.59. The van der Waals surface area contributed by atoms with Crippen LogP contribution in [0.2, 0.25) is 0 Å². The SMILES string of the molecule is COc1c(N)cccc1S(C)(=N)=O. The van der Waals surface area contributed by atoms with Crippen molar-refractivity contribution in [3.8, 4) is 5.75 Å². The van der Waals surface area contributed by atoms with E-state index >= 15 is 0 Å². The summed E-state index contributed by atoms with van der Waals surface area (Å²) in [5.41, 5.74) is 6.00. The fraction of sp³-hybridized carbons (Fsp3) is 0.250. The van der Waals surface area contributed by atoms with Crippen LogP contribution in [0.25, 0.3) is 0 Å². The largest absolute Gasteiger partial charge is 0.493 e. The third-order valence-corrected chi connectivity index (χ3v) is 2.79. The Bertz CT molecular complexity index is 412. The van der Waals surface area contributed by atoms with E-state index < -0.39 is 9.73 Å². The molecular formula is C8H12N2O2S. The van der Waals surface area contributed by atoms with Crippen molar-refractivity contribution in [2.45, 2.75) is 4.90 Å². The van der Waals surface area contributed by atoms with Gasteiger partial charge in [0.1, 0.15) is 0 Å². The molecule has 0 spiro atoms. The van der Waals surface area contributed by atoms with E-state index in [2.05, 4.69) is 0 Å². The zero-order valence-electron chi connectivity index (χ0n) is 7.53. The summed E-state index contributed by atoms with van der Waals surface area (Å²) in [5, 5.41) is 0. The van der Waals surface area contributed by atoms with E-state index in [9.17, 15) is 4.21 Å². The number of ether oxygens (including phenoxy) is 1. The molecule has 0 heterocycles. The van der Waals surface area contributed by atoms with Crippen molar-refractivity contribution in [2.24, 2.45) is 0 Å². The maximum absolute atomic E-state index is 11.5. The molecular weight excluding hydrogens is 188 g/mol. The molecule has 0 radical (unpaired) electrons. The molecule has 0 saturated heterocycles. The molecule has 3 N–H and O–H groups in total. The lowest BCUT2D eigenvalue weighted by molar-refractivity contribution is 0.406. The van der Waals surface area contributed by atoms with Gasteiger partial charge in [-0.15, -0.1) is 0 Å². The van der Waals surface area contributed by atoms with Crippen LogP contribution in [0.15, 0.2) is 23.1 Å². The molecule has 0 amide bonds. The number of rotatable bonds is 2. The van der Waals surface area contributed by atoms with Crippen LogP contribution in [-0.4, -0.2) is 17.6 Å². The van der Waals surface area contributed by atoms with Crippen molar-refractivity contribution in [1.29, 1.82) is 4.78 Å². The van der Waals surface area contributed by atoms with Gasteiger partial charge in [-0.3, -0.25) is 0 Å². The number of nitrogens with one attached hydrogen (secondary N) is 1. The maximum atomic E-state index is 11.5. The van der Waals surface area contributed by atoms with Gasteiger partial charge in [0.15, 0.2) is 5.75 Å². The summed E-state index contributed by atoms with van der Waals surface area (Å²) < 4.78 is 23.8. The Kier molecular flexibility index (Phi) is 2.47. The standard InChI is InChI=1S/C8H12N2O2S/c1-12-8-6(9)4-3-5-7(8)13(2,10)11/h3-5,10H,9H2,1-2H3. The number of methoxy groups -OCH3 is 1. The Balaban J connectivity index is 3.47. The van der Waals surface area contributed by atoms with Crippen molar-refractivity contribution in [2.75, 3.05) is 19.1 Å². The Labute approximate surface area is 77.7 Å². The third-order valence-electron chi connectivity index (χ3n) is 1.63. The van der Waals surface area contributed by atoms with Crippen molar-refractivity contribution in [1.82, 2.24) is 0 Å². The van der Waals surface area contributed by atoms with Gasteiger partial charge in [-0.25, -0.2) is 8.99 Å². The minimum atomic E-state index is -2.77. The van der Waals surface area contributed by atoms with Crippen molar-refractivity contribution < 1.29 is 8.95 Å². The highest BCUT2D eigenvalue weighted by molar-refractivity contribution is 7.91. The summed E-state index contributed by atoms with van der Waals surface area (Å²) in [4.78, 5) is 0.343. The summed E-state index contributed by atoms with van der Waals surface area (Å²) in [6, 6.07) is 4.89. The number of benzene rings is 1. The van der Waals surface area contributed by atoms with Crippen molar-refractivity contribution >= 4 is 15.4 Å². The van der Waals surface area contributed by atoms with E-state index in [1.54, 1.807) is 18.2 Å². The summed E-state index contributed by atoms with van der Waals surface area (Å²) in [7, 11) is -1.33. The van der Waals surface area contributed by atoms with Crippen LogP contribution in [0.4, 0.5) is 5.69 Å². The average Bonchev–Trinajstić information content (AvgIpc) is 2.02. The molecule has 1 atom stereocenters. The lowest BCUT2D eigenvalue weighted by Gasteiger charge is -2.10. The first-order valence-electron chi connectivity index (χ1n) is 3.63. The van der Waals surface area contributed by atoms with Crippen LogP contribution < -0.4 is 10.5 Å². The van der Waals surface area contributed by atoms with Gasteiger partial charge >= 0.3 is 0 Å². The minimum absolute atomic E-state index is 0.338. The molecule has 0 aliphatic heterocycles. The topological polar surface area (TPSA) is 76.2 Å². The molecule has 1 rings (SSSR count). The van der Waals surface area contributed by atoms with Gasteiger partial charge < -0.3 is 10.5 Å². The molecule has 5 heteroatoms. The summed E-state index contributed by atoms with van der Waals surface area (Å²) in [6.45, 7) is 0. The molecule has 0 bridgehead atoms. The van der Waals surface area contributed by atoms with E-state index in [0.29, 0.717) is 16.3 Å². The Morgan fingerprint density at radius 1 is 1.54 bits per heavy atom. The molecule has 1 aromatic rings. The van der Waals surface area contributed by atoms with Gasteiger partial charge in [-0.1, -0.05) is 6.07 Å². The van der Waals surface area contributed by atoms with Crippen molar-refractivity contribution in [3.05, 3.63) is 18.2 Å². The number of para-hydroxylation sites is 1. The average molecular weight is 200 g/mol. The molecule has 0 fully saturated rings. The highest BCUT2D eigenvalue weighted by Gasteiger charge is 2.12. The van der Waals surface area contributed by atoms with Gasteiger partial charge in [-0.2, -0.15) is 0 Å². The number of nitrogens with two attached hydrogens (primary N) is 1. The highest BCUT2D eigenvalue weighted by Crippen LogP contribution is 2.29. The van der Waals surface area contributed by atoms with E-state index in [-0.39, 0.29) is 0 Å². The number of hydrogen-bond acceptors (Lipinski definition) is 4. The van der Waals surface area contributed by atoms with Gasteiger partial charge in [0.25, 0.3) is 0 Å². The van der Waals surface area contributed by atoms with Crippen LogP contribution in [0.5, 0.6) is 5.75 Å². The Morgan fingerprint density at radius 3 is 2.54 bits per heavy atom. The molecule has 0 aliphatic carbocycles. The van der Waals surface area contributed by atoms with Crippen LogP contribution in [0, 0.1) is 4.78 Å². The zero-order chi connectivity index (χ0) is 10.1. The number of nitrogen functional groups attached to an aromatic ring is 1. The second-order valence-electron chi connectivity index (χ2n) is 2.72. The molecule has 0 saturated carbocycles. The fourth-order valence-electron chi connectivity index (χ4n) is 1.06. The van der Waals surface area contributed by atoms with Gasteiger partial charge in [0.2, 0.25) is 0 Å². The number of hydrogen-bond donors (Lipinski definition) is 2. The molecule has 4 nitrogen and oxygen atoms in total. The maximum Gasteiger partial charge on any atom is 0.158 e. The Morgan fingerprint density at radius 2 is 2.15 bits per heavy atom. The van der Waals surface area contributed by atoms with E-state index in [1.165, 1.54) is 13.4 Å². The quantitative estimate of drug-likeness (QED) is 0.707. The lowest BCUT2D eigenvalue weighted by Crippen LogP contribution is -2.01. The van der Waals surface area contributed by atoms with Gasteiger partial charge in [0.05, 0.1) is 27.4 Å². The molecule has 13 heavy (non-hydrogen) atoms. The first-order chi connectivity index (χ1) is 5.96. The van der Waals surface area contributed by atoms with Crippen LogP contribution >= 0.6 is 0 Å². The minimum Gasteiger partial charge on any atom is -0.493 e. The third kappa shape index (κ3) is 1.92. The molecule has 1 aromatic carbocycles. The molecule has 72 valence electrons. The predicted octanol–water partition coefficient (Wildman–Crippen LogP) is 1.31. The second kappa shape index (κ2) is 3.26. The zero-order valence-corrected chi connectivity index (χ0v) is 8.35. The molecule has 0 aliphatic rings. The fourth-order valence-corrected chi connectivity index (χ4v) is 1.95. The van der Waals surface area contributed by atoms with Gasteiger partial charge in [-0.05, 0) is 12.1 Å². The second-order valence-corrected chi connectivity index (χ2v) is 4.85. The number of anilines is 1. The smallest absolute Gasteiger partial charge is 0.158 e.